The van der Waals surface area contributed by atoms with E-state index in [9.17, 15) is 0 Å². The van der Waals surface area contributed by atoms with Gasteiger partial charge in [0.25, 0.3) is 0 Å². The van der Waals surface area contributed by atoms with Crippen LogP contribution in [0.2, 0.25) is 0 Å². The third-order valence-electron chi connectivity index (χ3n) is 4.06. The van der Waals surface area contributed by atoms with Gasteiger partial charge in [0, 0.05) is 11.1 Å². The first-order valence-electron chi connectivity index (χ1n) is 9.52. The molecule has 0 amide bonds. The fraction of sp³-hybridized carbons (Fsp3) is 0.200. The molecule has 0 aliphatic carbocycles. The van der Waals surface area contributed by atoms with Crippen LogP contribution >= 0.6 is 0 Å². The molecule has 27 heavy (non-hydrogen) atoms. The van der Waals surface area contributed by atoms with Crippen LogP contribution in [0, 0.1) is 6.92 Å². The average molecular weight is 357 g/mol. The lowest BCUT2D eigenvalue weighted by Gasteiger charge is -2.10. The van der Waals surface area contributed by atoms with Gasteiger partial charge in [-0.3, -0.25) is 0 Å². The van der Waals surface area contributed by atoms with Crippen LogP contribution in [0.15, 0.2) is 78.9 Å². The second-order valence-electron chi connectivity index (χ2n) is 5.94. The van der Waals surface area contributed by atoms with E-state index in [0.29, 0.717) is 0 Å². The minimum absolute atomic E-state index is 0.750. The lowest BCUT2D eigenvalue weighted by Crippen LogP contribution is -1.97. The topological polar surface area (TPSA) is 25.8 Å². The van der Waals surface area contributed by atoms with Crippen molar-refractivity contribution in [3.05, 3.63) is 90.1 Å². The number of hydrogen-bond acceptors (Lipinski definition) is 2. The van der Waals surface area contributed by atoms with Crippen LogP contribution in [-0.2, 0) is 0 Å². The monoisotopic (exact) mass is 356 g/mol. The Balaban J connectivity index is 0.00000126. The Morgan fingerprint density at radius 3 is 2.07 bits per heavy atom. The minimum atomic E-state index is 0.750. The number of aromatic nitrogens is 2. The number of rotatable bonds is 4. The Hall–Kier alpha value is -3.00. The molecular weight excluding hydrogens is 328 g/mol. The Bertz CT molecular complexity index is 905. The summed E-state index contributed by atoms with van der Waals surface area (Å²) in [7, 11) is 0. The van der Waals surface area contributed by atoms with Gasteiger partial charge in [0.1, 0.15) is 0 Å². The van der Waals surface area contributed by atoms with Gasteiger partial charge < -0.3 is 0 Å². The summed E-state index contributed by atoms with van der Waals surface area (Å²) in [6.07, 6.45) is 6.19. The average Bonchev–Trinajstić information content (AvgIpc) is 2.74. The number of hydrogen-bond donors (Lipinski definition) is 0. The first-order valence-corrected chi connectivity index (χ1v) is 9.52. The Labute approximate surface area is 163 Å². The largest absolute Gasteiger partial charge is 0.228 e. The Kier molecular flexibility index (Phi) is 7.69. The maximum Gasteiger partial charge on any atom is 0.160 e. The van der Waals surface area contributed by atoms with E-state index in [0.717, 1.165) is 33.9 Å². The van der Waals surface area contributed by atoms with Gasteiger partial charge in [0.05, 0.1) is 11.4 Å². The van der Waals surface area contributed by atoms with Crippen molar-refractivity contribution < 1.29 is 0 Å². The molecule has 2 aromatic carbocycles. The molecule has 0 unspecified atom stereocenters. The molecule has 1 aromatic heterocycles. The molecule has 0 aliphatic heterocycles. The molecule has 3 aromatic rings. The summed E-state index contributed by atoms with van der Waals surface area (Å²) < 4.78 is 0. The highest BCUT2D eigenvalue weighted by Gasteiger charge is 2.10. The molecule has 3 rings (SSSR count). The van der Waals surface area contributed by atoms with Gasteiger partial charge in [-0.05, 0) is 32.4 Å². The first kappa shape index (κ1) is 20.3. The highest BCUT2D eigenvalue weighted by atomic mass is 14.9. The number of benzene rings is 2. The van der Waals surface area contributed by atoms with Crippen molar-refractivity contribution in [3.63, 3.8) is 0 Å². The van der Waals surface area contributed by atoms with Gasteiger partial charge in [0.2, 0.25) is 0 Å². The Morgan fingerprint density at radius 2 is 1.48 bits per heavy atom. The molecule has 2 nitrogen and oxygen atoms in total. The zero-order valence-electron chi connectivity index (χ0n) is 16.9. The maximum atomic E-state index is 4.82. The van der Waals surface area contributed by atoms with Crippen LogP contribution in [0.1, 0.15) is 39.0 Å². The van der Waals surface area contributed by atoms with Crippen LogP contribution in [0.3, 0.4) is 0 Å². The smallest absolute Gasteiger partial charge is 0.160 e. The molecule has 0 saturated heterocycles. The van der Waals surface area contributed by atoms with Crippen LogP contribution in [0.25, 0.3) is 28.2 Å². The van der Waals surface area contributed by atoms with E-state index in [1.807, 2.05) is 52.0 Å². The van der Waals surface area contributed by atoms with E-state index in [4.69, 9.17) is 9.97 Å². The second kappa shape index (κ2) is 10.2. The highest BCUT2D eigenvalue weighted by Crippen LogP contribution is 2.26. The van der Waals surface area contributed by atoms with Crippen molar-refractivity contribution in [1.82, 2.24) is 9.97 Å². The lowest BCUT2D eigenvalue weighted by molar-refractivity contribution is 1.15. The van der Waals surface area contributed by atoms with Gasteiger partial charge >= 0.3 is 0 Å². The summed E-state index contributed by atoms with van der Waals surface area (Å²) in [5.74, 6) is 0.750. The molecule has 138 valence electrons. The second-order valence-corrected chi connectivity index (χ2v) is 5.94. The highest BCUT2D eigenvalue weighted by molar-refractivity contribution is 5.76. The summed E-state index contributed by atoms with van der Waals surface area (Å²) in [4.78, 5) is 9.64. The van der Waals surface area contributed by atoms with E-state index in [1.54, 1.807) is 0 Å². The van der Waals surface area contributed by atoms with E-state index >= 15 is 0 Å². The molecule has 0 fully saturated rings. The summed E-state index contributed by atoms with van der Waals surface area (Å²) in [6.45, 7) is 10.1. The van der Waals surface area contributed by atoms with Crippen molar-refractivity contribution in [2.75, 3.05) is 0 Å². The van der Waals surface area contributed by atoms with Gasteiger partial charge in [-0.25, -0.2) is 9.97 Å². The van der Waals surface area contributed by atoms with E-state index in [1.165, 1.54) is 5.56 Å². The predicted octanol–water partition coefficient (Wildman–Crippen LogP) is 7.12. The molecule has 0 aliphatic rings. The van der Waals surface area contributed by atoms with Crippen LogP contribution in [0.4, 0.5) is 0 Å². The summed E-state index contributed by atoms with van der Waals surface area (Å²) in [6, 6.07) is 20.6. The van der Waals surface area contributed by atoms with Crippen LogP contribution in [0.5, 0.6) is 0 Å². The molecule has 1 heterocycles. The van der Waals surface area contributed by atoms with Gasteiger partial charge in [0.15, 0.2) is 5.82 Å². The van der Waals surface area contributed by atoms with Crippen molar-refractivity contribution >= 4 is 5.57 Å². The fourth-order valence-corrected chi connectivity index (χ4v) is 2.69. The van der Waals surface area contributed by atoms with Crippen LogP contribution < -0.4 is 0 Å². The number of nitrogens with zero attached hydrogens (tertiary/aromatic N) is 2. The maximum absolute atomic E-state index is 4.82. The SMILES string of the molecule is C/C=C\C(=C/C)c1cc(-c2ccccc2)nc(-c2ccc(C)cc2)n1.CC. The van der Waals surface area contributed by atoms with Crippen molar-refractivity contribution in [1.29, 1.82) is 0 Å². The van der Waals surface area contributed by atoms with Crippen molar-refractivity contribution in [2.24, 2.45) is 0 Å². The zero-order chi connectivity index (χ0) is 19.6. The van der Waals surface area contributed by atoms with E-state index in [2.05, 4.69) is 61.5 Å². The predicted molar refractivity (Wildman–Crippen MR) is 117 cm³/mol. The minimum Gasteiger partial charge on any atom is -0.228 e. The van der Waals surface area contributed by atoms with Crippen LogP contribution in [-0.4, -0.2) is 9.97 Å². The first-order chi connectivity index (χ1) is 13.2. The number of allylic oxidation sites excluding steroid dienone is 4. The molecule has 0 saturated carbocycles. The van der Waals surface area contributed by atoms with E-state index < -0.39 is 0 Å². The van der Waals surface area contributed by atoms with Gasteiger partial charge in [-0.1, -0.05) is 92.2 Å². The fourth-order valence-electron chi connectivity index (χ4n) is 2.69. The zero-order valence-corrected chi connectivity index (χ0v) is 16.9. The molecular formula is C25H28N2. The molecule has 0 bridgehead atoms. The normalized spacial score (nSPS) is 11.2. The molecule has 0 N–H and O–H groups in total. The Morgan fingerprint density at radius 1 is 0.815 bits per heavy atom. The van der Waals surface area contributed by atoms with Crippen molar-refractivity contribution in [2.45, 2.75) is 34.6 Å². The quantitative estimate of drug-likeness (QED) is 0.465. The molecule has 0 radical (unpaired) electrons. The molecule has 0 spiro atoms. The van der Waals surface area contributed by atoms with Crippen molar-refractivity contribution in [3.8, 4) is 22.6 Å². The summed E-state index contributed by atoms with van der Waals surface area (Å²) >= 11 is 0. The molecule has 0 atom stereocenters. The van der Waals surface area contributed by atoms with Gasteiger partial charge in [-0.2, -0.15) is 0 Å². The molecule has 2 heteroatoms. The van der Waals surface area contributed by atoms with E-state index in [-0.39, 0.29) is 0 Å². The van der Waals surface area contributed by atoms with Gasteiger partial charge in [-0.15, -0.1) is 0 Å². The third kappa shape index (κ3) is 5.24. The summed E-state index contributed by atoms with van der Waals surface area (Å²) in [5.41, 5.74) is 6.31. The lowest BCUT2D eigenvalue weighted by atomic mass is 10.1. The number of aryl methyl sites for hydroxylation is 1. The third-order valence-corrected chi connectivity index (χ3v) is 4.06. The standard InChI is InChI=1S/C23H22N2.C2H6/c1-4-9-18(5-2)21-16-22(19-10-7-6-8-11-19)25-23(24-21)20-14-12-17(3)13-15-20;1-2/h4-16H,1-3H3;1-2H3/b9-4-,18-5+;. The summed E-state index contributed by atoms with van der Waals surface area (Å²) in [5, 5.41) is 0.